The van der Waals surface area contributed by atoms with E-state index in [1.165, 1.54) is 4.90 Å². The van der Waals surface area contributed by atoms with Crippen LogP contribution in [0.1, 0.15) is 19.4 Å². The van der Waals surface area contributed by atoms with Gasteiger partial charge in [-0.3, -0.25) is 4.79 Å². The van der Waals surface area contributed by atoms with E-state index in [0.717, 1.165) is 25.2 Å². The number of aromatic nitrogens is 2. The van der Waals surface area contributed by atoms with Crippen molar-refractivity contribution in [1.29, 1.82) is 0 Å². The molecular weight excluding hydrogens is 368 g/mol. The zero-order valence-electron chi connectivity index (χ0n) is 16.3. The van der Waals surface area contributed by atoms with Crippen LogP contribution in [-0.2, 0) is 17.9 Å². The highest BCUT2D eigenvalue weighted by molar-refractivity contribution is 5.85. The van der Waals surface area contributed by atoms with E-state index in [4.69, 9.17) is 9.47 Å². The molecule has 0 aliphatic carbocycles. The Kier molecular flexibility index (Phi) is 9.67. The predicted molar refractivity (Wildman–Crippen MR) is 108 cm³/mol. The fourth-order valence-electron chi connectivity index (χ4n) is 2.49. The van der Waals surface area contributed by atoms with Gasteiger partial charge in [-0.25, -0.2) is 4.98 Å². The number of nitrogens with zero attached hydrogens (tertiary/aromatic N) is 3. The summed E-state index contributed by atoms with van der Waals surface area (Å²) >= 11 is 0. The van der Waals surface area contributed by atoms with Crippen LogP contribution in [-0.4, -0.2) is 53.7 Å². The summed E-state index contributed by atoms with van der Waals surface area (Å²) in [6.45, 7) is 6.62. The number of hydrogen-bond donors (Lipinski definition) is 1. The van der Waals surface area contributed by atoms with Crippen molar-refractivity contribution in [2.75, 3.05) is 27.2 Å². The van der Waals surface area contributed by atoms with Gasteiger partial charge in [-0.2, -0.15) is 0 Å². The average molecular weight is 397 g/mol. The van der Waals surface area contributed by atoms with E-state index in [2.05, 4.69) is 10.3 Å². The number of amides is 1. The molecule has 2 aromatic rings. The molecule has 8 heteroatoms. The maximum absolute atomic E-state index is 12.0. The quantitative estimate of drug-likeness (QED) is 0.624. The van der Waals surface area contributed by atoms with Crippen molar-refractivity contribution < 1.29 is 14.3 Å². The monoisotopic (exact) mass is 396 g/mol. The molecule has 0 saturated heterocycles. The molecule has 0 aliphatic rings. The van der Waals surface area contributed by atoms with Gasteiger partial charge in [-0.1, -0.05) is 6.07 Å². The first kappa shape index (κ1) is 22.8. The number of nitrogens with one attached hydrogen (secondary N) is 1. The summed E-state index contributed by atoms with van der Waals surface area (Å²) in [5.74, 6) is 1.15. The lowest BCUT2D eigenvalue weighted by atomic mass is 10.2. The summed E-state index contributed by atoms with van der Waals surface area (Å²) in [5.41, 5.74) is 1.10. The highest BCUT2D eigenvalue weighted by Gasteiger charge is 2.18. The van der Waals surface area contributed by atoms with E-state index < -0.39 is 6.10 Å². The van der Waals surface area contributed by atoms with E-state index in [0.29, 0.717) is 18.1 Å². The third kappa shape index (κ3) is 7.11. The topological polar surface area (TPSA) is 68.6 Å². The Balaban J connectivity index is 0.00000364. The zero-order valence-corrected chi connectivity index (χ0v) is 17.2. The van der Waals surface area contributed by atoms with Crippen LogP contribution in [0.5, 0.6) is 11.5 Å². The molecule has 0 fully saturated rings. The average Bonchev–Trinajstić information content (AvgIpc) is 3.13. The number of imidazole rings is 1. The van der Waals surface area contributed by atoms with E-state index in [9.17, 15) is 4.79 Å². The maximum atomic E-state index is 12.0. The van der Waals surface area contributed by atoms with Gasteiger partial charge in [0.25, 0.3) is 5.91 Å². The third-order valence-electron chi connectivity index (χ3n) is 3.84. The first-order valence-corrected chi connectivity index (χ1v) is 8.81. The Morgan fingerprint density at radius 2 is 2.11 bits per heavy atom. The van der Waals surface area contributed by atoms with Crippen LogP contribution in [0.3, 0.4) is 0 Å². The van der Waals surface area contributed by atoms with Crippen molar-refractivity contribution >= 4 is 18.3 Å². The van der Waals surface area contributed by atoms with Crippen molar-refractivity contribution in [1.82, 2.24) is 19.8 Å². The lowest BCUT2D eigenvalue weighted by Gasteiger charge is -2.20. The highest BCUT2D eigenvalue weighted by atomic mass is 35.5. The standard InChI is InChI=1S/C19H28N4O3.ClH/c1-5-25-18-12-16(13-20-8-10-23-11-9-21-14-23)6-7-17(18)26-15(2)19(24)22(3)4;/h6-7,9,11-12,14-15,20H,5,8,10,13H2,1-4H3;1H. The Bertz CT molecular complexity index is 692. The summed E-state index contributed by atoms with van der Waals surface area (Å²) in [4.78, 5) is 17.5. The van der Waals surface area contributed by atoms with Crippen molar-refractivity contribution in [2.45, 2.75) is 33.0 Å². The van der Waals surface area contributed by atoms with Crippen LogP contribution >= 0.6 is 12.4 Å². The van der Waals surface area contributed by atoms with Crippen LogP contribution in [0.15, 0.2) is 36.9 Å². The van der Waals surface area contributed by atoms with Gasteiger partial charge < -0.3 is 24.3 Å². The second-order valence-corrected chi connectivity index (χ2v) is 6.18. The fraction of sp³-hybridized carbons (Fsp3) is 0.474. The summed E-state index contributed by atoms with van der Waals surface area (Å²) in [6.07, 6.45) is 4.95. The second kappa shape index (κ2) is 11.5. The number of likely N-dealkylation sites (N-methyl/N-ethyl adjacent to an activating group) is 1. The minimum Gasteiger partial charge on any atom is -0.490 e. The molecule has 27 heavy (non-hydrogen) atoms. The fourth-order valence-corrected chi connectivity index (χ4v) is 2.49. The van der Waals surface area contributed by atoms with Gasteiger partial charge in [-0.15, -0.1) is 12.4 Å². The van der Waals surface area contributed by atoms with Gasteiger partial charge in [0.15, 0.2) is 17.6 Å². The number of hydrogen-bond acceptors (Lipinski definition) is 5. The molecule has 0 saturated carbocycles. The second-order valence-electron chi connectivity index (χ2n) is 6.18. The number of carbonyl (C=O) groups is 1. The Morgan fingerprint density at radius 1 is 1.33 bits per heavy atom. The molecule has 150 valence electrons. The van der Waals surface area contributed by atoms with Crippen LogP contribution in [0.25, 0.3) is 0 Å². The van der Waals surface area contributed by atoms with Crippen molar-refractivity contribution in [2.24, 2.45) is 0 Å². The molecule has 0 radical (unpaired) electrons. The van der Waals surface area contributed by atoms with E-state index >= 15 is 0 Å². The number of carbonyl (C=O) groups excluding carboxylic acids is 1. The summed E-state index contributed by atoms with van der Waals surface area (Å²) in [6, 6.07) is 5.79. The van der Waals surface area contributed by atoms with E-state index in [1.807, 2.05) is 35.9 Å². The summed E-state index contributed by atoms with van der Waals surface area (Å²) < 4.78 is 13.5. The Hall–Kier alpha value is -2.25. The minimum atomic E-state index is -0.566. The van der Waals surface area contributed by atoms with Crippen LogP contribution in [0.2, 0.25) is 0 Å². The molecule has 1 heterocycles. The molecule has 0 aliphatic heterocycles. The highest BCUT2D eigenvalue weighted by Crippen LogP contribution is 2.29. The van der Waals surface area contributed by atoms with E-state index in [1.54, 1.807) is 33.5 Å². The van der Waals surface area contributed by atoms with Crippen LogP contribution in [0, 0.1) is 0 Å². The first-order valence-electron chi connectivity index (χ1n) is 8.81. The molecule has 7 nitrogen and oxygen atoms in total. The van der Waals surface area contributed by atoms with Crippen molar-refractivity contribution in [3.05, 3.63) is 42.5 Å². The molecular formula is C19H29ClN4O3. The van der Waals surface area contributed by atoms with Gasteiger partial charge in [-0.05, 0) is 31.5 Å². The zero-order chi connectivity index (χ0) is 18.9. The Morgan fingerprint density at radius 3 is 2.74 bits per heavy atom. The van der Waals surface area contributed by atoms with Crippen LogP contribution in [0.4, 0.5) is 0 Å². The molecule has 1 unspecified atom stereocenters. The molecule has 2 rings (SSSR count). The molecule has 1 amide bonds. The largest absolute Gasteiger partial charge is 0.490 e. The van der Waals surface area contributed by atoms with Gasteiger partial charge in [0.05, 0.1) is 12.9 Å². The molecule has 0 bridgehead atoms. The SMILES string of the molecule is CCOc1cc(CNCCn2ccnc2)ccc1OC(C)C(=O)N(C)C.Cl. The molecule has 1 aromatic carbocycles. The molecule has 1 atom stereocenters. The van der Waals surface area contributed by atoms with Gasteiger partial charge in [0.2, 0.25) is 0 Å². The number of halogens is 1. The van der Waals surface area contributed by atoms with Gasteiger partial charge in [0.1, 0.15) is 0 Å². The summed E-state index contributed by atoms with van der Waals surface area (Å²) in [5, 5.41) is 3.40. The number of benzene rings is 1. The molecule has 0 spiro atoms. The minimum absolute atomic E-state index is 0. The smallest absolute Gasteiger partial charge is 0.262 e. The predicted octanol–water partition coefficient (Wildman–Crippen LogP) is 2.35. The van der Waals surface area contributed by atoms with Crippen molar-refractivity contribution in [3.8, 4) is 11.5 Å². The van der Waals surface area contributed by atoms with Crippen molar-refractivity contribution in [3.63, 3.8) is 0 Å². The normalized spacial score (nSPS) is 11.4. The third-order valence-corrected chi connectivity index (χ3v) is 3.84. The molecule has 1 N–H and O–H groups in total. The number of rotatable bonds is 10. The lowest BCUT2D eigenvalue weighted by molar-refractivity contribution is -0.135. The summed E-state index contributed by atoms with van der Waals surface area (Å²) in [7, 11) is 3.43. The van der Waals surface area contributed by atoms with Crippen LogP contribution < -0.4 is 14.8 Å². The van der Waals surface area contributed by atoms with Gasteiger partial charge >= 0.3 is 0 Å². The Labute approximate surface area is 167 Å². The van der Waals surface area contributed by atoms with Gasteiger partial charge in [0, 0.05) is 46.1 Å². The lowest BCUT2D eigenvalue weighted by Crippen LogP contribution is -2.35. The van der Waals surface area contributed by atoms with E-state index in [-0.39, 0.29) is 18.3 Å². The molecule has 1 aromatic heterocycles. The number of ether oxygens (including phenoxy) is 2. The maximum Gasteiger partial charge on any atom is 0.262 e. The first-order chi connectivity index (χ1) is 12.5.